The molecule has 0 atom stereocenters. The van der Waals surface area contributed by atoms with Gasteiger partial charge in [0, 0.05) is 11.6 Å². The van der Waals surface area contributed by atoms with Crippen molar-refractivity contribution >= 4 is 28.7 Å². The third-order valence-electron chi connectivity index (χ3n) is 4.76. The van der Waals surface area contributed by atoms with Gasteiger partial charge in [0.2, 0.25) is 5.88 Å². The molecule has 10 heteroatoms. The van der Waals surface area contributed by atoms with Crippen LogP contribution < -0.4 is 10.1 Å². The van der Waals surface area contributed by atoms with Gasteiger partial charge in [-0.05, 0) is 59.6 Å². The highest BCUT2D eigenvalue weighted by molar-refractivity contribution is 5.89. The lowest BCUT2D eigenvalue weighted by Crippen LogP contribution is -2.41. The Morgan fingerprint density at radius 2 is 1.82 bits per heavy atom. The molecule has 1 aliphatic carbocycles. The second kappa shape index (κ2) is 9.36. The van der Waals surface area contributed by atoms with Crippen LogP contribution in [-0.4, -0.2) is 53.6 Å². The van der Waals surface area contributed by atoms with Gasteiger partial charge in [0.15, 0.2) is 5.82 Å². The van der Waals surface area contributed by atoms with Crippen LogP contribution in [0.15, 0.2) is 12.1 Å². The molecule has 1 saturated carbocycles. The zero-order chi connectivity index (χ0) is 24.4. The summed E-state index contributed by atoms with van der Waals surface area (Å²) in [5, 5.41) is 3.30. The normalized spacial score (nSPS) is 14.0. The summed E-state index contributed by atoms with van der Waals surface area (Å²) in [6.45, 7) is 8.37. The van der Waals surface area contributed by atoms with Crippen molar-refractivity contribution in [2.75, 3.05) is 25.6 Å². The Labute approximate surface area is 192 Å². The summed E-state index contributed by atoms with van der Waals surface area (Å²) in [4.78, 5) is 32.6. The molecule has 0 aliphatic heterocycles. The molecule has 33 heavy (non-hydrogen) atoms. The fourth-order valence-electron chi connectivity index (χ4n) is 3.10. The maximum absolute atomic E-state index is 15.0. The van der Waals surface area contributed by atoms with Crippen molar-refractivity contribution in [1.82, 2.24) is 9.97 Å². The number of nitrogens with zero attached hydrogens (tertiary/aromatic N) is 2. The number of anilines is 1. The molecule has 1 aromatic heterocycles. The van der Waals surface area contributed by atoms with Crippen LogP contribution in [0.4, 0.5) is 14.9 Å². The fraction of sp³-hybridized carbons (Fsp3) is 0.565. The molecule has 1 N–H and O–H groups in total. The van der Waals surface area contributed by atoms with Gasteiger partial charge in [-0.3, -0.25) is 0 Å². The Kier molecular flexibility index (Phi) is 6.94. The third kappa shape index (κ3) is 6.43. The predicted octanol–water partition coefficient (Wildman–Crippen LogP) is 4.34. The minimum absolute atomic E-state index is 0.0115. The van der Waals surface area contributed by atoms with Crippen LogP contribution >= 0.6 is 0 Å². The van der Waals surface area contributed by atoms with Crippen LogP contribution in [0.1, 0.15) is 59.2 Å². The smallest absolute Gasteiger partial charge is 0.474 e. The molecule has 0 bridgehead atoms. The number of esters is 1. The van der Waals surface area contributed by atoms with Crippen molar-refractivity contribution in [2.24, 2.45) is 0 Å². The third-order valence-corrected chi connectivity index (χ3v) is 4.76. The molecule has 3 rings (SSSR count). The van der Waals surface area contributed by atoms with Gasteiger partial charge < -0.3 is 24.3 Å². The molecular formula is C23H30FN3O6. The number of ether oxygens (including phenoxy) is 4. The summed E-state index contributed by atoms with van der Waals surface area (Å²) in [5.41, 5.74) is -1.30. The average Bonchev–Trinajstić information content (AvgIpc) is 3.54. The number of carbonyl (C=O) groups is 2. The first-order valence-electron chi connectivity index (χ1n) is 10.8. The standard InChI is InChI=1S/C23H30FN3O6/c1-22(2,3)33-21(29)32-10-9-31-19-15-11-14(27-23(4,5)20(28)30-6)12-16(24)17(15)25-18(26-19)13-7-8-13/h11-13,27H,7-10H2,1-6H3. The SMILES string of the molecule is COC(=O)C(C)(C)Nc1cc(F)c2nc(C3CC3)nc(OCCOC(=O)OC(C)(C)C)c2c1. The van der Waals surface area contributed by atoms with Crippen LogP contribution in [0.3, 0.4) is 0 Å². The predicted molar refractivity (Wildman–Crippen MR) is 119 cm³/mol. The first-order chi connectivity index (χ1) is 15.4. The lowest BCUT2D eigenvalue weighted by Gasteiger charge is -2.24. The molecule has 0 saturated heterocycles. The molecule has 0 radical (unpaired) electrons. The summed E-state index contributed by atoms with van der Waals surface area (Å²) in [5.74, 6) is -0.215. The molecule has 2 aromatic rings. The highest BCUT2D eigenvalue weighted by Crippen LogP contribution is 2.40. The number of rotatable bonds is 8. The quantitative estimate of drug-likeness (QED) is 0.452. The van der Waals surface area contributed by atoms with Gasteiger partial charge in [-0.15, -0.1) is 0 Å². The van der Waals surface area contributed by atoms with Gasteiger partial charge in [0.05, 0.1) is 12.5 Å². The second-order valence-corrected chi connectivity index (χ2v) is 9.42. The number of fused-ring (bicyclic) bond motifs is 1. The topological polar surface area (TPSA) is 109 Å². The van der Waals surface area contributed by atoms with Crippen molar-refractivity contribution in [1.29, 1.82) is 0 Å². The Balaban J connectivity index is 1.83. The van der Waals surface area contributed by atoms with Gasteiger partial charge in [0.25, 0.3) is 0 Å². The average molecular weight is 464 g/mol. The van der Waals surface area contributed by atoms with Crippen LogP contribution in [0.5, 0.6) is 5.88 Å². The lowest BCUT2D eigenvalue weighted by molar-refractivity contribution is -0.144. The number of carbonyl (C=O) groups excluding carboxylic acids is 2. The molecular weight excluding hydrogens is 433 g/mol. The van der Waals surface area contributed by atoms with Crippen LogP contribution in [-0.2, 0) is 19.0 Å². The van der Waals surface area contributed by atoms with E-state index in [4.69, 9.17) is 18.9 Å². The number of methoxy groups -OCH3 is 1. The van der Waals surface area contributed by atoms with E-state index in [0.29, 0.717) is 16.9 Å². The summed E-state index contributed by atoms with van der Waals surface area (Å²) in [7, 11) is 1.28. The largest absolute Gasteiger partial charge is 0.508 e. The van der Waals surface area contributed by atoms with Gasteiger partial charge in [-0.1, -0.05) is 0 Å². The van der Waals surface area contributed by atoms with E-state index in [0.717, 1.165) is 12.8 Å². The molecule has 9 nitrogen and oxygen atoms in total. The molecule has 1 heterocycles. The van der Waals surface area contributed by atoms with E-state index in [1.807, 2.05) is 0 Å². The number of nitrogens with one attached hydrogen (secondary N) is 1. The highest BCUT2D eigenvalue weighted by atomic mass is 19.1. The van der Waals surface area contributed by atoms with Gasteiger partial charge in [-0.2, -0.15) is 4.98 Å². The summed E-state index contributed by atoms with van der Waals surface area (Å²) in [6.07, 6.45) is 1.06. The Morgan fingerprint density at radius 3 is 2.42 bits per heavy atom. The molecule has 1 aromatic carbocycles. The molecule has 1 aliphatic rings. The van der Waals surface area contributed by atoms with E-state index < -0.39 is 29.1 Å². The van der Waals surface area contributed by atoms with Crippen molar-refractivity contribution < 1.29 is 32.9 Å². The maximum atomic E-state index is 15.0. The van der Waals surface area contributed by atoms with E-state index >= 15 is 4.39 Å². The van der Waals surface area contributed by atoms with Crippen LogP contribution in [0.2, 0.25) is 0 Å². The number of hydrogen-bond donors (Lipinski definition) is 1. The van der Waals surface area contributed by atoms with E-state index in [2.05, 4.69) is 15.3 Å². The second-order valence-electron chi connectivity index (χ2n) is 9.42. The van der Waals surface area contributed by atoms with E-state index in [9.17, 15) is 9.59 Å². The summed E-state index contributed by atoms with van der Waals surface area (Å²) < 4.78 is 35.7. The van der Waals surface area contributed by atoms with Gasteiger partial charge >= 0.3 is 12.1 Å². The van der Waals surface area contributed by atoms with Gasteiger partial charge in [-0.25, -0.2) is 19.0 Å². The minimum atomic E-state index is -1.09. The highest BCUT2D eigenvalue weighted by Gasteiger charge is 2.31. The molecule has 0 amide bonds. The number of benzene rings is 1. The number of hydrogen-bond acceptors (Lipinski definition) is 9. The molecule has 180 valence electrons. The zero-order valence-corrected chi connectivity index (χ0v) is 19.8. The van der Waals surface area contributed by atoms with Gasteiger partial charge in [0.1, 0.15) is 35.7 Å². The van der Waals surface area contributed by atoms with Crippen LogP contribution in [0, 0.1) is 5.82 Å². The number of aromatic nitrogens is 2. The summed E-state index contributed by atoms with van der Waals surface area (Å²) >= 11 is 0. The van der Waals surface area contributed by atoms with Crippen molar-refractivity contribution in [3.63, 3.8) is 0 Å². The molecule has 0 spiro atoms. The molecule has 1 fully saturated rings. The first-order valence-corrected chi connectivity index (χ1v) is 10.8. The Bertz CT molecular complexity index is 1050. The van der Waals surface area contributed by atoms with E-state index in [1.165, 1.54) is 13.2 Å². The monoisotopic (exact) mass is 463 g/mol. The Hall–Kier alpha value is -3.17. The first kappa shape index (κ1) is 24.5. The van der Waals surface area contributed by atoms with E-state index in [1.54, 1.807) is 40.7 Å². The van der Waals surface area contributed by atoms with Crippen molar-refractivity contribution in [3.05, 3.63) is 23.8 Å². The van der Waals surface area contributed by atoms with E-state index in [-0.39, 0.29) is 30.5 Å². The summed E-state index contributed by atoms with van der Waals surface area (Å²) in [6, 6.07) is 2.88. The zero-order valence-electron chi connectivity index (χ0n) is 19.8. The Morgan fingerprint density at radius 1 is 1.12 bits per heavy atom. The van der Waals surface area contributed by atoms with Crippen LogP contribution in [0.25, 0.3) is 10.9 Å². The minimum Gasteiger partial charge on any atom is -0.474 e. The van der Waals surface area contributed by atoms with Crippen molar-refractivity contribution in [2.45, 2.75) is 64.5 Å². The lowest BCUT2D eigenvalue weighted by atomic mass is 10.0. The molecule has 0 unspecified atom stereocenters. The fourth-order valence-corrected chi connectivity index (χ4v) is 3.10. The maximum Gasteiger partial charge on any atom is 0.508 e. The van der Waals surface area contributed by atoms with Crippen molar-refractivity contribution in [3.8, 4) is 5.88 Å². The number of halogens is 1.